The second kappa shape index (κ2) is 8.23. The minimum atomic E-state index is -0.142. The number of anilines is 3. The molecule has 2 heterocycles. The molecule has 0 bridgehead atoms. The van der Waals surface area contributed by atoms with Crippen LogP contribution in [0.4, 0.5) is 22.2 Å². The van der Waals surface area contributed by atoms with Crippen LogP contribution in [-0.2, 0) is 0 Å². The van der Waals surface area contributed by atoms with E-state index in [-0.39, 0.29) is 6.03 Å². The monoisotopic (exact) mass is 374 g/mol. The third-order valence-electron chi connectivity index (χ3n) is 4.17. The summed E-state index contributed by atoms with van der Waals surface area (Å²) < 4.78 is 0. The average molecular weight is 375 g/mol. The molecule has 0 unspecified atom stereocenters. The lowest BCUT2D eigenvalue weighted by molar-refractivity contribution is 0.208. The Labute approximate surface area is 158 Å². The molecule has 1 aliphatic rings. The molecule has 1 saturated heterocycles. The van der Waals surface area contributed by atoms with E-state index in [1.807, 2.05) is 32.0 Å². The number of nitrogens with zero attached hydrogens (tertiary/aromatic N) is 4. The number of para-hydroxylation sites is 1. The van der Waals surface area contributed by atoms with E-state index in [9.17, 15) is 4.79 Å². The molecule has 0 atom stereocenters. The Hall–Kier alpha value is -2.54. The molecule has 1 aliphatic heterocycles. The normalized spacial score (nSPS) is 14.3. The highest BCUT2D eigenvalue weighted by Gasteiger charge is 2.23. The van der Waals surface area contributed by atoms with E-state index in [1.54, 1.807) is 17.0 Å². The molecule has 0 spiro atoms. The Kier molecular flexibility index (Phi) is 5.78. The Balaban J connectivity index is 1.60. The molecule has 2 amide bonds. The van der Waals surface area contributed by atoms with Gasteiger partial charge in [0, 0.05) is 44.5 Å². The van der Waals surface area contributed by atoms with Gasteiger partial charge in [-0.25, -0.2) is 9.78 Å². The van der Waals surface area contributed by atoms with Crippen molar-refractivity contribution in [2.75, 3.05) is 48.3 Å². The molecule has 0 aliphatic carbocycles. The number of halogens is 1. The number of aryl methyl sites for hydroxylation is 1. The fourth-order valence-electron chi connectivity index (χ4n) is 2.83. The number of nitrogens with one attached hydrogen (secondary N) is 2. The summed E-state index contributed by atoms with van der Waals surface area (Å²) in [6.07, 6.45) is 0. The number of hydrogen-bond donors (Lipinski definition) is 2. The van der Waals surface area contributed by atoms with E-state index < -0.39 is 0 Å². The molecule has 1 aromatic carbocycles. The number of rotatable bonds is 4. The van der Waals surface area contributed by atoms with Gasteiger partial charge in [-0.05, 0) is 26.0 Å². The van der Waals surface area contributed by atoms with E-state index in [4.69, 9.17) is 11.6 Å². The van der Waals surface area contributed by atoms with Crippen LogP contribution in [0.1, 0.15) is 12.6 Å². The number of carbonyl (C=O) groups excluding carboxylic acids is 1. The third kappa shape index (κ3) is 4.35. The van der Waals surface area contributed by atoms with Gasteiger partial charge in [0.1, 0.15) is 5.82 Å². The third-order valence-corrected chi connectivity index (χ3v) is 4.50. The van der Waals surface area contributed by atoms with Gasteiger partial charge in [-0.3, -0.25) is 0 Å². The number of carbonyl (C=O) groups is 1. The van der Waals surface area contributed by atoms with E-state index >= 15 is 0 Å². The summed E-state index contributed by atoms with van der Waals surface area (Å²) in [4.78, 5) is 25.4. The maximum atomic E-state index is 12.5. The van der Waals surface area contributed by atoms with Crippen LogP contribution in [0.5, 0.6) is 0 Å². The summed E-state index contributed by atoms with van der Waals surface area (Å²) in [5.41, 5.74) is 1.55. The van der Waals surface area contributed by atoms with E-state index in [0.717, 1.165) is 18.1 Å². The fourth-order valence-corrected chi connectivity index (χ4v) is 3.02. The van der Waals surface area contributed by atoms with Gasteiger partial charge in [-0.2, -0.15) is 4.98 Å². The summed E-state index contributed by atoms with van der Waals surface area (Å²) in [5.74, 6) is 1.53. The fraction of sp³-hybridized carbons (Fsp3) is 0.389. The van der Waals surface area contributed by atoms with Crippen molar-refractivity contribution in [3.05, 3.63) is 41.0 Å². The molecular formula is C18H23ClN6O. The van der Waals surface area contributed by atoms with E-state index in [0.29, 0.717) is 42.8 Å². The second-order valence-corrected chi connectivity index (χ2v) is 6.52. The molecule has 2 aromatic rings. The van der Waals surface area contributed by atoms with Crippen LogP contribution in [0.2, 0.25) is 5.02 Å². The van der Waals surface area contributed by atoms with Gasteiger partial charge in [-0.15, -0.1) is 0 Å². The highest BCUT2D eigenvalue weighted by Crippen LogP contribution is 2.21. The predicted octanol–water partition coefficient (Wildman–Crippen LogP) is 3.22. The molecular weight excluding hydrogens is 352 g/mol. The largest absolute Gasteiger partial charge is 0.370 e. The van der Waals surface area contributed by atoms with E-state index in [1.165, 1.54) is 0 Å². The number of aromatic nitrogens is 2. The van der Waals surface area contributed by atoms with Gasteiger partial charge in [0.25, 0.3) is 0 Å². The van der Waals surface area contributed by atoms with Gasteiger partial charge in [0.2, 0.25) is 5.95 Å². The first-order chi connectivity index (χ1) is 12.6. The van der Waals surface area contributed by atoms with Crippen LogP contribution in [0.25, 0.3) is 0 Å². The van der Waals surface area contributed by atoms with E-state index in [2.05, 4.69) is 25.5 Å². The maximum absolute atomic E-state index is 12.5. The number of benzene rings is 1. The predicted molar refractivity (Wildman–Crippen MR) is 105 cm³/mol. The molecule has 0 radical (unpaired) electrons. The van der Waals surface area contributed by atoms with Crippen LogP contribution in [-0.4, -0.2) is 53.6 Å². The Morgan fingerprint density at radius 2 is 1.92 bits per heavy atom. The number of urea groups is 1. The molecule has 2 N–H and O–H groups in total. The zero-order valence-electron chi connectivity index (χ0n) is 15.0. The molecule has 1 aromatic heterocycles. The van der Waals surface area contributed by atoms with Gasteiger partial charge in [-0.1, -0.05) is 23.7 Å². The van der Waals surface area contributed by atoms with Crippen molar-refractivity contribution >= 4 is 35.1 Å². The van der Waals surface area contributed by atoms with Crippen LogP contribution >= 0.6 is 11.6 Å². The second-order valence-electron chi connectivity index (χ2n) is 6.11. The molecule has 0 saturated carbocycles. The van der Waals surface area contributed by atoms with Crippen molar-refractivity contribution in [1.29, 1.82) is 0 Å². The molecule has 3 rings (SSSR count). The summed E-state index contributed by atoms with van der Waals surface area (Å²) >= 11 is 6.10. The zero-order valence-corrected chi connectivity index (χ0v) is 15.8. The summed E-state index contributed by atoms with van der Waals surface area (Å²) in [7, 11) is 0. The lowest BCUT2D eigenvalue weighted by Crippen LogP contribution is -2.50. The summed E-state index contributed by atoms with van der Waals surface area (Å²) in [6.45, 7) is 7.38. The maximum Gasteiger partial charge on any atom is 0.322 e. The number of amides is 2. The highest BCUT2D eigenvalue weighted by molar-refractivity contribution is 6.33. The molecule has 7 nitrogen and oxygen atoms in total. The Morgan fingerprint density at radius 3 is 2.62 bits per heavy atom. The first kappa shape index (κ1) is 18.3. The van der Waals surface area contributed by atoms with Crippen LogP contribution < -0.4 is 15.5 Å². The minimum absolute atomic E-state index is 0.142. The average Bonchev–Trinajstić information content (AvgIpc) is 2.63. The van der Waals surface area contributed by atoms with Crippen molar-refractivity contribution < 1.29 is 4.79 Å². The van der Waals surface area contributed by atoms with Gasteiger partial charge >= 0.3 is 6.03 Å². The lowest BCUT2D eigenvalue weighted by Gasteiger charge is -2.35. The summed E-state index contributed by atoms with van der Waals surface area (Å²) in [5, 5.41) is 6.62. The van der Waals surface area contributed by atoms with Gasteiger partial charge in [0.15, 0.2) is 0 Å². The summed E-state index contributed by atoms with van der Waals surface area (Å²) in [6, 6.07) is 9.01. The van der Waals surface area contributed by atoms with Crippen LogP contribution in [0, 0.1) is 6.92 Å². The molecule has 138 valence electrons. The molecule has 1 fully saturated rings. The van der Waals surface area contributed by atoms with Gasteiger partial charge < -0.3 is 20.4 Å². The van der Waals surface area contributed by atoms with Crippen molar-refractivity contribution in [2.45, 2.75) is 13.8 Å². The highest BCUT2D eigenvalue weighted by atomic mass is 35.5. The molecule has 26 heavy (non-hydrogen) atoms. The standard InChI is InChI=1S/C18H23ClN6O/c1-3-20-16-12-13(2)21-17(23-16)24-8-10-25(11-9-24)18(26)22-15-7-5-4-6-14(15)19/h4-7,12H,3,8-11H2,1-2H3,(H,22,26)(H,20,21,23). The number of piperazine rings is 1. The van der Waals surface area contributed by atoms with Crippen LogP contribution in [0.15, 0.2) is 30.3 Å². The zero-order chi connectivity index (χ0) is 18.5. The topological polar surface area (TPSA) is 73.4 Å². The van der Waals surface area contributed by atoms with Crippen molar-refractivity contribution in [1.82, 2.24) is 14.9 Å². The quantitative estimate of drug-likeness (QED) is 0.859. The van der Waals surface area contributed by atoms with Crippen molar-refractivity contribution in [2.24, 2.45) is 0 Å². The van der Waals surface area contributed by atoms with Crippen LogP contribution in [0.3, 0.4) is 0 Å². The first-order valence-corrected chi connectivity index (χ1v) is 9.09. The van der Waals surface area contributed by atoms with Crippen molar-refractivity contribution in [3.8, 4) is 0 Å². The van der Waals surface area contributed by atoms with Crippen molar-refractivity contribution in [3.63, 3.8) is 0 Å². The first-order valence-electron chi connectivity index (χ1n) is 8.72. The molecule has 8 heteroatoms. The minimum Gasteiger partial charge on any atom is -0.370 e. The number of hydrogen-bond acceptors (Lipinski definition) is 5. The Bertz CT molecular complexity index is 776. The lowest BCUT2D eigenvalue weighted by atomic mass is 10.3. The smallest absolute Gasteiger partial charge is 0.322 e. The SMILES string of the molecule is CCNc1cc(C)nc(N2CCN(C(=O)Nc3ccccc3Cl)CC2)n1. The van der Waals surface area contributed by atoms with Gasteiger partial charge in [0.05, 0.1) is 10.7 Å². The Morgan fingerprint density at radius 1 is 1.19 bits per heavy atom.